The Bertz CT molecular complexity index is 613. The van der Waals surface area contributed by atoms with E-state index in [0.29, 0.717) is 17.8 Å². The van der Waals surface area contributed by atoms with Gasteiger partial charge in [0, 0.05) is 29.6 Å². The first-order chi connectivity index (χ1) is 8.29. The van der Waals surface area contributed by atoms with Crippen molar-refractivity contribution >= 4 is 23.1 Å². The molecule has 0 saturated carbocycles. The molecule has 0 fully saturated rings. The smallest absolute Gasteiger partial charge is 0.267 e. The average Bonchev–Trinajstić information content (AvgIpc) is 2.62. The molecule has 0 bridgehead atoms. The maximum Gasteiger partial charge on any atom is 0.267 e. The molecule has 17 heavy (non-hydrogen) atoms. The van der Waals surface area contributed by atoms with Gasteiger partial charge in [0.05, 0.1) is 0 Å². The lowest BCUT2D eigenvalue weighted by Gasteiger charge is -2.04. The molecule has 0 atom stereocenters. The predicted molar refractivity (Wildman–Crippen MR) is 64.3 cm³/mol. The van der Waals surface area contributed by atoms with Crippen molar-refractivity contribution in [3.63, 3.8) is 0 Å². The second-order valence-electron chi connectivity index (χ2n) is 4.23. The summed E-state index contributed by atoms with van der Waals surface area (Å²) in [6.45, 7) is 1.51. The summed E-state index contributed by atoms with van der Waals surface area (Å²) < 4.78 is 1.99. The Labute approximate surface area is 98.2 Å². The van der Waals surface area contributed by atoms with Gasteiger partial charge in [-0.25, -0.2) is 0 Å². The first-order valence-electron chi connectivity index (χ1n) is 5.66. The minimum atomic E-state index is -0.0358. The standard InChI is InChI=1S/C13H12N2O2/c16-8-9-2-3-10-7-12-13(17)14-4-1-5-15(12)11(10)6-9/h2-3,6-8H,1,4-5H2,(H,14,17). The number of carbonyl (C=O) groups is 2. The molecular formula is C13H12N2O2. The number of carbonyl (C=O) groups excluding carboxylic acids is 2. The van der Waals surface area contributed by atoms with E-state index in [4.69, 9.17) is 0 Å². The zero-order chi connectivity index (χ0) is 11.8. The zero-order valence-corrected chi connectivity index (χ0v) is 9.27. The van der Waals surface area contributed by atoms with Gasteiger partial charge in [0.15, 0.2) is 0 Å². The Morgan fingerprint density at radius 1 is 1.29 bits per heavy atom. The van der Waals surface area contributed by atoms with Crippen molar-refractivity contribution in [2.75, 3.05) is 6.54 Å². The number of nitrogens with one attached hydrogen (secondary N) is 1. The Morgan fingerprint density at radius 2 is 2.18 bits per heavy atom. The fourth-order valence-electron chi connectivity index (χ4n) is 2.30. The maximum atomic E-state index is 11.8. The highest BCUT2D eigenvalue weighted by Gasteiger charge is 2.17. The molecule has 4 heteroatoms. The summed E-state index contributed by atoms with van der Waals surface area (Å²) >= 11 is 0. The predicted octanol–water partition coefficient (Wildman–Crippen LogP) is 1.59. The van der Waals surface area contributed by atoms with Crippen LogP contribution in [0.25, 0.3) is 10.9 Å². The number of hydrogen-bond acceptors (Lipinski definition) is 2. The van der Waals surface area contributed by atoms with Crippen LogP contribution >= 0.6 is 0 Å². The molecule has 0 saturated heterocycles. The summed E-state index contributed by atoms with van der Waals surface area (Å²) in [6.07, 6.45) is 1.74. The third-order valence-corrected chi connectivity index (χ3v) is 3.14. The highest BCUT2D eigenvalue weighted by atomic mass is 16.2. The van der Waals surface area contributed by atoms with E-state index in [1.165, 1.54) is 0 Å². The highest BCUT2D eigenvalue weighted by Crippen LogP contribution is 2.22. The van der Waals surface area contributed by atoms with Gasteiger partial charge in [0.1, 0.15) is 12.0 Å². The van der Waals surface area contributed by atoms with Crippen LogP contribution in [0.5, 0.6) is 0 Å². The minimum Gasteiger partial charge on any atom is -0.351 e. The molecule has 2 aromatic rings. The van der Waals surface area contributed by atoms with E-state index in [-0.39, 0.29) is 5.91 Å². The lowest BCUT2D eigenvalue weighted by Crippen LogP contribution is -2.22. The molecule has 1 aliphatic rings. The van der Waals surface area contributed by atoms with Crippen LogP contribution in [0, 0.1) is 0 Å². The number of aromatic nitrogens is 1. The first kappa shape index (κ1) is 10.1. The summed E-state index contributed by atoms with van der Waals surface area (Å²) in [5, 5.41) is 3.86. The van der Waals surface area contributed by atoms with E-state index in [9.17, 15) is 9.59 Å². The van der Waals surface area contributed by atoms with Crippen LogP contribution in [0.15, 0.2) is 24.3 Å². The van der Waals surface area contributed by atoms with E-state index in [1.54, 1.807) is 6.07 Å². The Balaban J connectivity index is 2.28. The van der Waals surface area contributed by atoms with Gasteiger partial charge in [-0.3, -0.25) is 9.59 Å². The molecular weight excluding hydrogens is 216 g/mol. The number of nitrogens with zero attached hydrogens (tertiary/aromatic N) is 1. The van der Waals surface area contributed by atoms with Crippen LogP contribution in [0.1, 0.15) is 27.3 Å². The van der Waals surface area contributed by atoms with Crippen LogP contribution < -0.4 is 5.32 Å². The molecule has 0 unspecified atom stereocenters. The van der Waals surface area contributed by atoms with Gasteiger partial charge < -0.3 is 9.88 Å². The second-order valence-corrected chi connectivity index (χ2v) is 4.23. The second kappa shape index (κ2) is 3.73. The van der Waals surface area contributed by atoms with E-state index >= 15 is 0 Å². The fourth-order valence-corrected chi connectivity index (χ4v) is 2.30. The quantitative estimate of drug-likeness (QED) is 0.753. The monoisotopic (exact) mass is 228 g/mol. The van der Waals surface area contributed by atoms with Gasteiger partial charge in [-0.15, -0.1) is 0 Å². The van der Waals surface area contributed by atoms with Crippen molar-refractivity contribution in [3.8, 4) is 0 Å². The number of hydrogen-bond donors (Lipinski definition) is 1. The summed E-state index contributed by atoms with van der Waals surface area (Å²) in [7, 11) is 0. The first-order valence-corrected chi connectivity index (χ1v) is 5.66. The van der Waals surface area contributed by atoms with E-state index in [2.05, 4.69) is 5.32 Å². The van der Waals surface area contributed by atoms with E-state index in [0.717, 1.165) is 30.2 Å². The third kappa shape index (κ3) is 1.53. The van der Waals surface area contributed by atoms with Crippen LogP contribution in [-0.2, 0) is 6.54 Å². The molecule has 0 radical (unpaired) electrons. The number of rotatable bonds is 1. The maximum absolute atomic E-state index is 11.8. The van der Waals surface area contributed by atoms with Crippen molar-refractivity contribution in [3.05, 3.63) is 35.5 Å². The lowest BCUT2D eigenvalue weighted by molar-refractivity contribution is 0.0951. The molecule has 86 valence electrons. The van der Waals surface area contributed by atoms with Gasteiger partial charge in [-0.05, 0) is 18.6 Å². The molecule has 1 aromatic carbocycles. The van der Waals surface area contributed by atoms with Crippen molar-refractivity contribution in [1.29, 1.82) is 0 Å². The van der Waals surface area contributed by atoms with Crippen LogP contribution in [0.2, 0.25) is 0 Å². The van der Waals surface area contributed by atoms with Crippen molar-refractivity contribution < 1.29 is 9.59 Å². The van der Waals surface area contributed by atoms with Crippen molar-refractivity contribution in [2.45, 2.75) is 13.0 Å². The summed E-state index contributed by atoms with van der Waals surface area (Å²) in [5.74, 6) is -0.0358. The molecule has 1 aliphatic heterocycles. The minimum absolute atomic E-state index is 0.0358. The fraction of sp³-hybridized carbons (Fsp3) is 0.231. The summed E-state index contributed by atoms with van der Waals surface area (Å²) in [4.78, 5) is 22.6. The molecule has 0 spiro atoms. The van der Waals surface area contributed by atoms with Crippen molar-refractivity contribution in [1.82, 2.24) is 9.88 Å². The van der Waals surface area contributed by atoms with Crippen LogP contribution in [-0.4, -0.2) is 23.3 Å². The summed E-state index contributed by atoms with van der Waals surface area (Å²) in [5.41, 5.74) is 2.28. The molecule has 1 aromatic heterocycles. The van der Waals surface area contributed by atoms with Gasteiger partial charge >= 0.3 is 0 Å². The Kier molecular flexibility index (Phi) is 2.21. The SMILES string of the molecule is O=Cc1ccc2cc3n(c2c1)CCCNC3=O. The van der Waals surface area contributed by atoms with Gasteiger partial charge in [0.2, 0.25) is 0 Å². The zero-order valence-electron chi connectivity index (χ0n) is 9.27. The van der Waals surface area contributed by atoms with E-state index < -0.39 is 0 Å². The number of aryl methyl sites for hydroxylation is 1. The molecule has 4 nitrogen and oxygen atoms in total. The molecule has 0 aliphatic carbocycles. The van der Waals surface area contributed by atoms with Crippen molar-refractivity contribution in [2.24, 2.45) is 0 Å². The van der Waals surface area contributed by atoms with Gasteiger partial charge in [-0.2, -0.15) is 0 Å². The lowest BCUT2D eigenvalue weighted by atomic mass is 10.2. The summed E-state index contributed by atoms with van der Waals surface area (Å²) in [6, 6.07) is 7.37. The number of fused-ring (bicyclic) bond motifs is 3. The van der Waals surface area contributed by atoms with Gasteiger partial charge in [-0.1, -0.05) is 12.1 Å². The molecule has 1 N–H and O–H groups in total. The molecule has 3 rings (SSSR count). The molecule has 2 heterocycles. The number of aldehydes is 1. The molecule has 1 amide bonds. The third-order valence-electron chi connectivity index (χ3n) is 3.14. The number of amides is 1. The Hall–Kier alpha value is -2.10. The topological polar surface area (TPSA) is 51.1 Å². The van der Waals surface area contributed by atoms with E-state index in [1.807, 2.05) is 22.8 Å². The normalized spacial score (nSPS) is 15.2. The van der Waals surface area contributed by atoms with Crippen LogP contribution in [0.4, 0.5) is 0 Å². The highest BCUT2D eigenvalue weighted by molar-refractivity contribution is 5.99. The Morgan fingerprint density at radius 3 is 3.00 bits per heavy atom. The van der Waals surface area contributed by atoms with Gasteiger partial charge in [0.25, 0.3) is 5.91 Å². The van der Waals surface area contributed by atoms with Crippen LogP contribution in [0.3, 0.4) is 0 Å². The largest absolute Gasteiger partial charge is 0.351 e. The number of benzene rings is 1. The average molecular weight is 228 g/mol.